The van der Waals surface area contributed by atoms with E-state index in [9.17, 15) is 4.79 Å². The zero-order chi connectivity index (χ0) is 19.8. The van der Waals surface area contributed by atoms with Crippen molar-refractivity contribution in [3.05, 3.63) is 50.4 Å². The molecule has 1 N–H and O–H groups in total. The molecule has 0 heterocycles. The molecule has 6 nitrogen and oxygen atoms in total. The second-order valence-corrected chi connectivity index (χ2v) is 6.95. The standard InChI is InChI=1S/C19H20Br2N2O4/c1-4-26-16-7-6-13(10-17(16)25-3)19(24)23-22-11-12-8-14(20)18(27-5-2)15(21)9-12/h6-11H,4-5H2,1-3H3,(H,23,24)/b22-11+. The van der Waals surface area contributed by atoms with Crippen molar-refractivity contribution in [2.75, 3.05) is 20.3 Å². The summed E-state index contributed by atoms with van der Waals surface area (Å²) in [5, 5.41) is 4.01. The van der Waals surface area contributed by atoms with Crippen molar-refractivity contribution >= 4 is 44.0 Å². The van der Waals surface area contributed by atoms with Gasteiger partial charge in [0.05, 0.1) is 35.5 Å². The SMILES string of the molecule is CCOc1ccc(C(=O)N/N=C/c2cc(Br)c(OCC)c(Br)c2)cc1OC. The van der Waals surface area contributed by atoms with E-state index in [0.29, 0.717) is 30.3 Å². The minimum absolute atomic E-state index is 0.350. The van der Waals surface area contributed by atoms with Crippen LogP contribution in [0.4, 0.5) is 0 Å². The molecule has 0 aliphatic carbocycles. The van der Waals surface area contributed by atoms with Crippen LogP contribution in [0.25, 0.3) is 0 Å². The number of hydrazone groups is 1. The summed E-state index contributed by atoms with van der Waals surface area (Å²) in [5.74, 6) is 1.45. The molecule has 8 heteroatoms. The third kappa shape index (κ3) is 5.71. The Morgan fingerprint density at radius 3 is 2.33 bits per heavy atom. The molecule has 0 bridgehead atoms. The summed E-state index contributed by atoms with van der Waals surface area (Å²) in [6.07, 6.45) is 1.55. The topological polar surface area (TPSA) is 69.2 Å². The fourth-order valence-electron chi connectivity index (χ4n) is 2.25. The molecule has 1 amide bonds. The smallest absolute Gasteiger partial charge is 0.271 e. The lowest BCUT2D eigenvalue weighted by atomic mass is 10.2. The van der Waals surface area contributed by atoms with Gasteiger partial charge in [0.1, 0.15) is 5.75 Å². The first-order valence-corrected chi connectivity index (χ1v) is 9.84. The first-order chi connectivity index (χ1) is 13.0. The molecule has 0 fully saturated rings. The van der Waals surface area contributed by atoms with E-state index >= 15 is 0 Å². The van der Waals surface area contributed by atoms with Crippen molar-refractivity contribution in [3.8, 4) is 17.2 Å². The number of carbonyl (C=O) groups is 1. The summed E-state index contributed by atoms with van der Waals surface area (Å²) in [4.78, 5) is 12.3. The van der Waals surface area contributed by atoms with Gasteiger partial charge in [-0.1, -0.05) is 0 Å². The van der Waals surface area contributed by atoms with Gasteiger partial charge in [0, 0.05) is 5.56 Å². The van der Waals surface area contributed by atoms with E-state index in [4.69, 9.17) is 14.2 Å². The maximum Gasteiger partial charge on any atom is 0.271 e. The summed E-state index contributed by atoms with van der Waals surface area (Å²) in [5.41, 5.74) is 3.71. The van der Waals surface area contributed by atoms with Crippen molar-refractivity contribution in [2.24, 2.45) is 5.10 Å². The average molecular weight is 500 g/mol. The molecule has 0 aliphatic heterocycles. The molecule has 0 saturated heterocycles. The molecule has 0 radical (unpaired) electrons. The fourth-order valence-corrected chi connectivity index (χ4v) is 3.70. The van der Waals surface area contributed by atoms with Gasteiger partial charge in [0.2, 0.25) is 0 Å². The van der Waals surface area contributed by atoms with Crippen molar-refractivity contribution in [1.29, 1.82) is 0 Å². The van der Waals surface area contributed by atoms with E-state index < -0.39 is 0 Å². The molecule has 2 rings (SSSR count). The van der Waals surface area contributed by atoms with Gasteiger partial charge in [-0.15, -0.1) is 0 Å². The molecule has 0 saturated carbocycles. The first-order valence-electron chi connectivity index (χ1n) is 8.26. The molecule has 0 spiro atoms. The highest BCUT2D eigenvalue weighted by molar-refractivity contribution is 9.11. The molecule has 144 valence electrons. The minimum Gasteiger partial charge on any atom is -0.493 e. The highest BCUT2D eigenvalue weighted by atomic mass is 79.9. The molecule has 0 aliphatic rings. The van der Waals surface area contributed by atoms with Gasteiger partial charge in [-0.2, -0.15) is 5.10 Å². The Kier molecular flexibility index (Phi) is 8.12. The van der Waals surface area contributed by atoms with Crippen molar-refractivity contribution in [1.82, 2.24) is 5.43 Å². The van der Waals surface area contributed by atoms with Gasteiger partial charge in [-0.3, -0.25) is 4.79 Å². The zero-order valence-electron chi connectivity index (χ0n) is 15.2. The van der Waals surface area contributed by atoms with Crippen LogP contribution in [0.5, 0.6) is 17.2 Å². The number of benzene rings is 2. The summed E-state index contributed by atoms with van der Waals surface area (Å²) in [6, 6.07) is 8.67. The van der Waals surface area contributed by atoms with Crippen LogP contribution in [-0.4, -0.2) is 32.4 Å². The van der Waals surface area contributed by atoms with Gasteiger partial charge in [0.15, 0.2) is 11.5 Å². The van der Waals surface area contributed by atoms with E-state index in [2.05, 4.69) is 42.4 Å². The van der Waals surface area contributed by atoms with Crippen LogP contribution in [0.3, 0.4) is 0 Å². The van der Waals surface area contributed by atoms with Crippen LogP contribution in [0.1, 0.15) is 29.8 Å². The van der Waals surface area contributed by atoms with Crippen molar-refractivity contribution < 1.29 is 19.0 Å². The van der Waals surface area contributed by atoms with E-state index in [1.165, 1.54) is 7.11 Å². The second kappa shape index (κ2) is 10.3. The fraction of sp³-hybridized carbons (Fsp3) is 0.263. The number of hydrogen-bond acceptors (Lipinski definition) is 5. The lowest BCUT2D eigenvalue weighted by Crippen LogP contribution is -2.17. The van der Waals surface area contributed by atoms with Gasteiger partial charge >= 0.3 is 0 Å². The molecule has 27 heavy (non-hydrogen) atoms. The molecule has 2 aromatic rings. The summed E-state index contributed by atoms with van der Waals surface area (Å²) in [7, 11) is 1.53. The molecule has 2 aromatic carbocycles. The number of carbonyl (C=O) groups excluding carboxylic acids is 1. The largest absolute Gasteiger partial charge is 0.493 e. The Bertz CT molecular complexity index is 817. The number of hydrogen-bond donors (Lipinski definition) is 1. The molecule has 0 atom stereocenters. The second-order valence-electron chi connectivity index (χ2n) is 5.24. The number of amides is 1. The first kappa shape index (κ1) is 21.2. The summed E-state index contributed by atoms with van der Waals surface area (Å²) < 4.78 is 17.8. The number of halogens is 2. The van der Waals surface area contributed by atoms with Crippen LogP contribution in [0, 0.1) is 0 Å². The third-order valence-corrected chi connectivity index (χ3v) is 4.59. The summed E-state index contributed by atoms with van der Waals surface area (Å²) in [6.45, 7) is 4.87. The van der Waals surface area contributed by atoms with E-state index in [1.54, 1.807) is 24.4 Å². The molecular formula is C19H20Br2N2O4. The minimum atomic E-state index is -0.350. The maximum absolute atomic E-state index is 12.3. The van der Waals surface area contributed by atoms with Gasteiger partial charge in [0.25, 0.3) is 5.91 Å². The lowest BCUT2D eigenvalue weighted by molar-refractivity contribution is 0.0954. The zero-order valence-corrected chi connectivity index (χ0v) is 18.4. The quantitative estimate of drug-likeness (QED) is 0.419. The number of methoxy groups -OCH3 is 1. The van der Waals surface area contributed by atoms with Crippen LogP contribution < -0.4 is 19.6 Å². The molecule has 0 aromatic heterocycles. The number of ether oxygens (including phenoxy) is 3. The molecule has 0 unspecified atom stereocenters. The summed E-state index contributed by atoms with van der Waals surface area (Å²) >= 11 is 6.92. The Morgan fingerprint density at radius 2 is 1.74 bits per heavy atom. The highest BCUT2D eigenvalue weighted by Gasteiger charge is 2.11. The van der Waals surface area contributed by atoms with Crippen LogP contribution >= 0.6 is 31.9 Å². The maximum atomic E-state index is 12.3. The van der Waals surface area contributed by atoms with E-state index in [1.807, 2.05) is 26.0 Å². The van der Waals surface area contributed by atoms with Crippen LogP contribution in [0.2, 0.25) is 0 Å². The van der Waals surface area contributed by atoms with Crippen molar-refractivity contribution in [2.45, 2.75) is 13.8 Å². The average Bonchev–Trinajstić information content (AvgIpc) is 2.65. The highest BCUT2D eigenvalue weighted by Crippen LogP contribution is 2.34. The van der Waals surface area contributed by atoms with Crippen molar-refractivity contribution in [3.63, 3.8) is 0 Å². The van der Waals surface area contributed by atoms with Gasteiger partial charge in [-0.05, 0) is 81.6 Å². The lowest BCUT2D eigenvalue weighted by Gasteiger charge is -2.10. The molecular weight excluding hydrogens is 480 g/mol. The predicted molar refractivity (Wildman–Crippen MR) is 112 cm³/mol. The Balaban J connectivity index is 2.09. The van der Waals surface area contributed by atoms with Crippen LogP contribution in [0.15, 0.2) is 44.4 Å². The van der Waals surface area contributed by atoms with Gasteiger partial charge < -0.3 is 14.2 Å². The number of nitrogens with zero attached hydrogens (tertiary/aromatic N) is 1. The predicted octanol–water partition coefficient (Wildman–Crippen LogP) is 4.78. The monoisotopic (exact) mass is 498 g/mol. The van der Waals surface area contributed by atoms with E-state index in [0.717, 1.165) is 20.3 Å². The number of rotatable bonds is 8. The third-order valence-electron chi connectivity index (χ3n) is 3.41. The Hall–Kier alpha value is -2.06. The Morgan fingerprint density at radius 1 is 1.07 bits per heavy atom. The van der Waals surface area contributed by atoms with Gasteiger partial charge in [-0.25, -0.2) is 5.43 Å². The Labute approximate surface area is 175 Å². The normalized spacial score (nSPS) is 10.7. The van der Waals surface area contributed by atoms with E-state index in [-0.39, 0.29) is 5.91 Å². The van der Waals surface area contributed by atoms with Crippen LogP contribution in [-0.2, 0) is 0 Å². The number of nitrogens with one attached hydrogen (secondary N) is 1.